The number of rotatable bonds is 1. The molecule has 100 valence electrons. The van der Waals surface area contributed by atoms with E-state index in [4.69, 9.17) is 0 Å². The maximum absolute atomic E-state index is 11.2. The molecule has 1 aliphatic rings. The lowest BCUT2D eigenvalue weighted by molar-refractivity contribution is -0.916. The molecule has 0 amide bonds. The Kier molecular flexibility index (Phi) is 3.52. The van der Waals surface area contributed by atoms with Crippen molar-refractivity contribution in [1.29, 1.82) is 0 Å². The number of aryl methyl sites for hydroxylation is 2. The first-order valence-electron chi connectivity index (χ1n) is 6.97. The standard InChI is InChI=1S/C16H25NO/c1-11-6-7-12(2)15(8-11)16(18)9-14(4)17(5)10-13(16)3/h6-8,13-14,18H,9-10H2,1-5H3/p+1/t13-,14+,16-/m0/s1. The van der Waals surface area contributed by atoms with Crippen molar-refractivity contribution in [2.24, 2.45) is 5.92 Å². The first-order valence-corrected chi connectivity index (χ1v) is 6.97. The largest absolute Gasteiger partial charge is 0.384 e. The molecule has 1 aliphatic heterocycles. The van der Waals surface area contributed by atoms with E-state index in [1.165, 1.54) is 16.0 Å². The second-order valence-electron chi connectivity index (χ2n) is 6.30. The van der Waals surface area contributed by atoms with Gasteiger partial charge in [0.15, 0.2) is 0 Å². The minimum atomic E-state index is -0.658. The average molecular weight is 248 g/mol. The van der Waals surface area contributed by atoms with Crippen LogP contribution < -0.4 is 4.90 Å². The van der Waals surface area contributed by atoms with Crippen LogP contribution in [0.5, 0.6) is 0 Å². The molecule has 1 saturated heterocycles. The fourth-order valence-corrected chi connectivity index (χ4v) is 3.27. The van der Waals surface area contributed by atoms with Crippen molar-refractivity contribution in [1.82, 2.24) is 0 Å². The summed E-state index contributed by atoms with van der Waals surface area (Å²) in [6.45, 7) is 9.65. The normalized spacial score (nSPS) is 36.7. The number of nitrogens with one attached hydrogen (secondary N) is 1. The topological polar surface area (TPSA) is 24.7 Å². The smallest absolute Gasteiger partial charge is 0.103 e. The van der Waals surface area contributed by atoms with Gasteiger partial charge in [0.2, 0.25) is 0 Å². The van der Waals surface area contributed by atoms with E-state index in [1.807, 2.05) is 0 Å². The molecule has 2 rings (SSSR count). The molecule has 2 heteroatoms. The van der Waals surface area contributed by atoms with Gasteiger partial charge in [-0.05, 0) is 31.9 Å². The van der Waals surface area contributed by atoms with Gasteiger partial charge in [-0.3, -0.25) is 0 Å². The highest BCUT2D eigenvalue weighted by atomic mass is 16.3. The third-order valence-electron chi connectivity index (χ3n) is 4.76. The van der Waals surface area contributed by atoms with Gasteiger partial charge in [0.1, 0.15) is 5.60 Å². The second-order valence-corrected chi connectivity index (χ2v) is 6.30. The lowest BCUT2D eigenvalue weighted by Gasteiger charge is -2.44. The Hall–Kier alpha value is -0.860. The molecule has 1 heterocycles. The van der Waals surface area contributed by atoms with Crippen molar-refractivity contribution in [3.63, 3.8) is 0 Å². The highest BCUT2D eigenvalue weighted by molar-refractivity contribution is 5.36. The van der Waals surface area contributed by atoms with E-state index in [0.29, 0.717) is 12.0 Å². The number of piperidine rings is 1. The minimum Gasteiger partial charge on any atom is -0.384 e. The first-order chi connectivity index (χ1) is 8.34. The highest BCUT2D eigenvalue weighted by Crippen LogP contribution is 2.37. The van der Waals surface area contributed by atoms with Crippen LogP contribution in [0, 0.1) is 19.8 Å². The predicted molar refractivity (Wildman–Crippen MR) is 74.8 cm³/mol. The Balaban J connectivity index is 2.43. The summed E-state index contributed by atoms with van der Waals surface area (Å²) in [6, 6.07) is 6.92. The molecule has 1 aromatic rings. The van der Waals surface area contributed by atoms with Gasteiger partial charge in [-0.15, -0.1) is 0 Å². The van der Waals surface area contributed by atoms with Gasteiger partial charge in [0.05, 0.1) is 19.6 Å². The molecule has 0 radical (unpaired) electrons. The van der Waals surface area contributed by atoms with Gasteiger partial charge in [-0.25, -0.2) is 0 Å². The van der Waals surface area contributed by atoms with E-state index in [2.05, 4.69) is 52.9 Å². The van der Waals surface area contributed by atoms with Crippen molar-refractivity contribution in [3.8, 4) is 0 Å². The fraction of sp³-hybridized carbons (Fsp3) is 0.625. The summed E-state index contributed by atoms with van der Waals surface area (Å²) in [5.74, 6) is 0.300. The quantitative estimate of drug-likeness (QED) is 0.772. The number of benzene rings is 1. The molecular weight excluding hydrogens is 222 g/mol. The van der Waals surface area contributed by atoms with Crippen molar-refractivity contribution >= 4 is 0 Å². The zero-order valence-electron chi connectivity index (χ0n) is 12.2. The number of hydrogen-bond acceptors (Lipinski definition) is 1. The molecule has 1 unspecified atom stereocenters. The molecule has 0 aromatic heterocycles. The van der Waals surface area contributed by atoms with E-state index in [-0.39, 0.29) is 0 Å². The Morgan fingerprint density at radius 1 is 1.28 bits per heavy atom. The van der Waals surface area contributed by atoms with E-state index < -0.39 is 5.60 Å². The van der Waals surface area contributed by atoms with Crippen LogP contribution >= 0.6 is 0 Å². The van der Waals surface area contributed by atoms with Crippen LogP contribution in [0.2, 0.25) is 0 Å². The molecule has 0 spiro atoms. The summed E-state index contributed by atoms with van der Waals surface area (Å²) in [5, 5.41) is 11.2. The van der Waals surface area contributed by atoms with E-state index >= 15 is 0 Å². The van der Waals surface area contributed by atoms with Crippen LogP contribution in [0.4, 0.5) is 0 Å². The van der Waals surface area contributed by atoms with Crippen molar-refractivity contribution in [2.45, 2.75) is 45.8 Å². The third-order valence-corrected chi connectivity index (χ3v) is 4.76. The van der Waals surface area contributed by atoms with Crippen LogP contribution in [-0.2, 0) is 5.60 Å². The lowest BCUT2D eigenvalue weighted by Crippen LogP contribution is -3.15. The number of aliphatic hydroxyl groups is 1. The molecule has 2 N–H and O–H groups in total. The lowest BCUT2D eigenvalue weighted by atomic mass is 9.73. The summed E-state index contributed by atoms with van der Waals surface area (Å²) in [6.07, 6.45) is 0.851. The van der Waals surface area contributed by atoms with Gasteiger partial charge >= 0.3 is 0 Å². The Labute approximate surface area is 111 Å². The number of quaternary nitrogens is 1. The Morgan fingerprint density at radius 3 is 2.61 bits per heavy atom. The van der Waals surface area contributed by atoms with Crippen LogP contribution in [0.25, 0.3) is 0 Å². The van der Waals surface area contributed by atoms with E-state index in [1.54, 1.807) is 0 Å². The molecule has 1 fully saturated rings. The summed E-state index contributed by atoms with van der Waals surface area (Å²) in [7, 11) is 2.23. The highest BCUT2D eigenvalue weighted by Gasteiger charge is 2.45. The maximum Gasteiger partial charge on any atom is 0.103 e. The summed E-state index contributed by atoms with van der Waals surface area (Å²) in [5.41, 5.74) is 2.92. The van der Waals surface area contributed by atoms with Gasteiger partial charge in [0.25, 0.3) is 0 Å². The van der Waals surface area contributed by atoms with E-state index in [0.717, 1.165) is 18.5 Å². The zero-order valence-corrected chi connectivity index (χ0v) is 12.2. The van der Waals surface area contributed by atoms with Crippen molar-refractivity contribution in [2.75, 3.05) is 13.6 Å². The Morgan fingerprint density at radius 2 is 1.94 bits per heavy atom. The predicted octanol–water partition coefficient (Wildman–Crippen LogP) is 1.43. The zero-order chi connectivity index (χ0) is 13.5. The molecule has 18 heavy (non-hydrogen) atoms. The van der Waals surface area contributed by atoms with Crippen LogP contribution in [0.15, 0.2) is 18.2 Å². The molecule has 0 bridgehead atoms. The fourth-order valence-electron chi connectivity index (χ4n) is 3.27. The third kappa shape index (κ3) is 2.19. The minimum absolute atomic E-state index is 0.300. The summed E-state index contributed by atoms with van der Waals surface area (Å²) >= 11 is 0. The van der Waals surface area contributed by atoms with Crippen molar-refractivity contribution < 1.29 is 10.0 Å². The molecule has 4 atom stereocenters. The van der Waals surface area contributed by atoms with Gasteiger partial charge in [-0.1, -0.05) is 30.7 Å². The molecule has 0 saturated carbocycles. The molecule has 0 aliphatic carbocycles. The number of hydrogen-bond donors (Lipinski definition) is 2. The molecule has 1 aromatic carbocycles. The summed E-state index contributed by atoms with van der Waals surface area (Å²) in [4.78, 5) is 1.53. The van der Waals surface area contributed by atoms with Crippen LogP contribution in [-0.4, -0.2) is 24.7 Å². The number of likely N-dealkylation sites (tertiary alicyclic amines) is 1. The maximum atomic E-state index is 11.2. The van der Waals surface area contributed by atoms with Gasteiger partial charge < -0.3 is 10.0 Å². The average Bonchev–Trinajstić information content (AvgIpc) is 2.30. The van der Waals surface area contributed by atoms with E-state index in [9.17, 15) is 5.11 Å². The van der Waals surface area contributed by atoms with Gasteiger partial charge in [0, 0.05) is 12.3 Å². The summed E-state index contributed by atoms with van der Waals surface area (Å²) < 4.78 is 0. The first kappa shape index (κ1) is 13.6. The second kappa shape index (κ2) is 4.67. The van der Waals surface area contributed by atoms with Crippen molar-refractivity contribution in [3.05, 3.63) is 34.9 Å². The van der Waals surface area contributed by atoms with Crippen LogP contribution in [0.1, 0.15) is 37.0 Å². The molecular formula is C16H26NO+. The SMILES string of the molecule is Cc1ccc(C)c([C@]2(O)C[C@@H](C)[NH+](C)C[C@@H]2C)c1. The van der Waals surface area contributed by atoms with Gasteiger partial charge in [-0.2, -0.15) is 0 Å². The molecule has 2 nitrogen and oxygen atoms in total. The Bertz CT molecular complexity index is 443. The monoisotopic (exact) mass is 248 g/mol. The van der Waals surface area contributed by atoms with Crippen LogP contribution in [0.3, 0.4) is 0 Å².